The minimum atomic E-state index is -0.451. The van der Waals surface area contributed by atoms with Gasteiger partial charge >= 0.3 is 0 Å². The van der Waals surface area contributed by atoms with E-state index in [1.54, 1.807) is 25.1 Å². The molecule has 19 heavy (non-hydrogen) atoms. The number of nitrogens with zero attached hydrogens (tertiary/aromatic N) is 2. The maximum atomic E-state index is 12.0. The van der Waals surface area contributed by atoms with Gasteiger partial charge in [-0.2, -0.15) is 0 Å². The Hall–Kier alpha value is -2.83. The molecule has 0 unspecified atom stereocenters. The average molecular weight is 259 g/mol. The van der Waals surface area contributed by atoms with Crippen molar-refractivity contribution in [3.8, 4) is 11.5 Å². The van der Waals surface area contributed by atoms with Gasteiger partial charge < -0.3 is 18.7 Å². The van der Waals surface area contributed by atoms with Gasteiger partial charge in [-0.3, -0.25) is 4.79 Å². The van der Waals surface area contributed by atoms with Crippen LogP contribution in [0.15, 0.2) is 44.2 Å². The van der Waals surface area contributed by atoms with E-state index in [1.165, 1.54) is 12.7 Å². The fraction of sp³-hybridized carbons (Fsp3) is 0.0833. The summed E-state index contributed by atoms with van der Waals surface area (Å²) in [6.07, 6.45) is 2.67. The van der Waals surface area contributed by atoms with Gasteiger partial charge in [0.25, 0.3) is 5.91 Å². The van der Waals surface area contributed by atoms with Crippen molar-refractivity contribution in [2.75, 3.05) is 5.32 Å². The number of carbonyl (C=O) groups excluding carboxylic acids is 1. The Bertz CT molecular complexity index is 696. The third-order valence-corrected chi connectivity index (χ3v) is 2.40. The molecule has 0 bridgehead atoms. The van der Waals surface area contributed by atoms with Crippen LogP contribution in [-0.4, -0.2) is 16.0 Å². The number of hydrogen-bond donors (Lipinski definition) is 1. The molecule has 7 nitrogen and oxygen atoms in total. The number of carbonyl (C=O) groups is 1. The van der Waals surface area contributed by atoms with E-state index >= 15 is 0 Å². The summed E-state index contributed by atoms with van der Waals surface area (Å²) < 4.78 is 15.2. The lowest BCUT2D eigenvalue weighted by atomic mass is 10.2. The van der Waals surface area contributed by atoms with Crippen LogP contribution in [-0.2, 0) is 0 Å². The zero-order valence-corrected chi connectivity index (χ0v) is 9.91. The molecular formula is C12H9N3O4. The van der Waals surface area contributed by atoms with Crippen LogP contribution in [0.1, 0.15) is 16.2 Å². The Labute approximate surface area is 107 Å². The van der Waals surface area contributed by atoms with E-state index in [9.17, 15) is 4.79 Å². The Kier molecular flexibility index (Phi) is 2.64. The number of rotatable bonds is 3. The van der Waals surface area contributed by atoms with E-state index in [2.05, 4.69) is 15.5 Å². The van der Waals surface area contributed by atoms with Crippen LogP contribution < -0.4 is 5.32 Å². The van der Waals surface area contributed by atoms with Gasteiger partial charge in [-0.1, -0.05) is 5.16 Å². The van der Waals surface area contributed by atoms with Gasteiger partial charge in [0.05, 0.1) is 6.26 Å². The predicted molar refractivity (Wildman–Crippen MR) is 63.4 cm³/mol. The van der Waals surface area contributed by atoms with Gasteiger partial charge in [0, 0.05) is 6.07 Å². The molecule has 0 spiro atoms. The molecule has 3 aromatic heterocycles. The Morgan fingerprint density at radius 3 is 2.95 bits per heavy atom. The Morgan fingerprint density at radius 1 is 1.37 bits per heavy atom. The average Bonchev–Trinajstić information content (AvgIpc) is 3.07. The molecule has 0 aliphatic carbocycles. The summed E-state index contributed by atoms with van der Waals surface area (Å²) in [4.78, 5) is 15.9. The summed E-state index contributed by atoms with van der Waals surface area (Å²) in [6, 6.07) is 4.97. The van der Waals surface area contributed by atoms with Crippen LogP contribution in [0.4, 0.5) is 5.82 Å². The molecule has 0 atom stereocenters. The number of amides is 1. The normalized spacial score (nSPS) is 10.6. The van der Waals surface area contributed by atoms with Crippen LogP contribution in [0.2, 0.25) is 0 Å². The topological polar surface area (TPSA) is 94.3 Å². The van der Waals surface area contributed by atoms with Crippen LogP contribution in [0.3, 0.4) is 0 Å². The molecule has 0 aliphatic heterocycles. The fourth-order valence-electron chi connectivity index (χ4n) is 1.59. The number of nitrogens with one attached hydrogen (secondary N) is 1. The summed E-state index contributed by atoms with van der Waals surface area (Å²) in [5.41, 5.74) is 0.121. The summed E-state index contributed by atoms with van der Waals surface area (Å²) in [6.45, 7) is 1.73. The van der Waals surface area contributed by atoms with Crippen molar-refractivity contribution in [1.29, 1.82) is 0 Å². The van der Waals surface area contributed by atoms with E-state index in [-0.39, 0.29) is 11.5 Å². The highest BCUT2D eigenvalue weighted by Crippen LogP contribution is 2.24. The van der Waals surface area contributed by atoms with Gasteiger partial charge in [0.2, 0.25) is 5.76 Å². The highest BCUT2D eigenvalue weighted by molar-refractivity contribution is 6.05. The molecule has 0 aromatic carbocycles. The largest absolute Gasteiger partial charge is 0.461 e. The van der Waals surface area contributed by atoms with E-state index in [0.717, 1.165) is 0 Å². The van der Waals surface area contributed by atoms with Crippen molar-refractivity contribution in [3.63, 3.8) is 0 Å². The van der Waals surface area contributed by atoms with Gasteiger partial charge in [-0.05, 0) is 19.1 Å². The first-order chi connectivity index (χ1) is 9.24. The van der Waals surface area contributed by atoms with Crippen LogP contribution in [0, 0.1) is 6.92 Å². The van der Waals surface area contributed by atoms with Gasteiger partial charge in [0.1, 0.15) is 5.76 Å². The van der Waals surface area contributed by atoms with Gasteiger partial charge in [-0.25, -0.2) is 4.98 Å². The van der Waals surface area contributed by atoms with Crippen molar-refractivity contribution in [2.45, 2.75) is 6.92 Å². The molecule has 3 heterocycles. The number of hydrogen-bond acceptors (Lipinski definition) is 6. The second kappa shape index (κ2) is 4.45. The number of oxazole rings is 1. The van der Waals surface area contributed by atoms with Crippen LogP contribution >= 0.6 is 0 Å². The monoisotopic (exact) mass is 259 g/mol. The highest BCUT2D eigenvalue weighted by atomic mass is 16.5. The molecule has 7 heteroatoms. The number of furan rings is 1. The minimum absolute atomic E-state index is 0.121. The molecule has 0 fully saturated rings. The number of aryl methyl sites for hydroxylation is 1. The summed E-state index contributed by atoms with van der Waals surface area (Å²) in [5.74, 6) is 1.16. The summed E-state index contributed by atoms with van der Waals surface area (Å²) >= 11 is 0. The SMILES string of the molecule is Cc1cc(NC(=O)c2ncoc2-c2ccco2)no1. The van der Waals surface area contributed by atoms with Gasteiger partial charge in [-0.15, -0.1) is 0 Å². The first-order valence-electron chi connectivity index (χ1n) is 5.46. The lowest BCUT2D eigenvalue weighted by Crippen LogP contribution is -2.13. The third-order valence-electron chi connectivity index (χ3n) is 2.40. The first-order valence-corrected chi connectivity index (χ1v) is 5.46. The molecule has 1 N–H and O–H groups in total. The third kappa shape index (κ3) is 2.13. The van der Waals surface area contributed by atoms with Gasteiger partial charge in [0.15, 0.2) is 23.7 Å². The van der Waals surface area contributed by atoms with E-state index in [1.807, 2.05) is 0 Å². The van der Waals surface area contributed by atoms with Crippen molar-refractivity contribution < 1.29 is 18.2 Å². The molecule has 0 radical (unpaired) electrons. The highest BCUT2D eigenvalue weighted by Gasteiger charge is 2.21. The molecule has 3 rings (SSSR count). The van der Waals surface area contributed by atoms with E-state index in [4.69, 9.17) is 13.4 Å². The fourth-order valence-corrected chi connectivity index (χ4v) is 1.59. The second-order valence-electron chi connectivity index (χ2n) is 3.78. The Morgan fingerprint density at radius 2 is 2.26 bits per heavy atom. The molecule has 0 aliphatic rings. The molecule has 0 saturated carbocycles. The molecule has 96 valence electrons. The smallest absolute Gasteiger partial charge is 0.279 e. The van der Waals surface area contributed by atoms with E-state index < -0.39 is 5.91 Å². The quantitative estimate of drug-likeness (QED) is 0.776. The van der Waals surface area contributed by atoms with Crippen molar-refractivity contribution in [2.24, 2.45) is 0 Å². The standard InChI is InChI=1S/C12H9N3O4/c1-7-5-9(15-19-7)14-12(16)10-11(18-6-13-10)8-3-2-4-17-8/h2-6H,1H3,(H,14,15,16). The number of aromatic nitrogens is 2. The maximum Gasteiger partial charge on any atom is 0.279 e. The lowest BCUT2D eigenvalue weighted by molar-refractivity contribution is 0.102. The summed E-state index contributed by atoms with van der Waals surface area (Å²) in [5, 5.41) is 6.23. The van der Waals surface area contributed by atoms with Crippen LogP contribution in [0.5, 0.6) is 0 Å². The van der Waals surface area contributed by atoms with Crippen LogP contribution in [0.25, 0.3) is 11.5 Å². The minimum Gasteiger partial charge on any atom is -0.461 e. The zero-order chi connectivity index (χ0) is 13.2. The second-order valence-corrected chi connectivity index (χ2v) is 3.78. The zero-order valence-electron chi connectivity index (χ0n) is 9.91. The molecule has 1 amide bonds. The van der Waals surface area contributed by atoms with Crippen molar-refractivity contribution in [1.82, 2.24) is 10.1 Å². The van der Waals surface area contributed by atoms with Crippen molar-refractivity contribution in [3.05, 3.63) is 42.3 Å². The Balaban J connectivity index is 1.87. The predicted octanol–water partition coefficient (Wildman–Crippen LogP) is 2.48. The number of anilines is 1. The molecule has 0 saturated heterocycles. The summed E-state index contributed by atoms with van der Waals surface area (Å²) in [7, 11) is 0. The lowest BCUT2D eigenvalue weighted by Gasteiger charge is -1.98. The maximum absolute atomic E-state index is 12.0. The molecular weight excluding hydrogens is 250 g/mol. The molecule has 3 aromatic rings. The van der Waals surface area contributed by atoms with Crippen molar-refractivity contribution >= 4 is 11.7 Å². The van der Waals surface area contributed by atoms with E-state index in [0.29, 0.717) is 17.3 Å². The first kappa shape index (κ1) is 11.3.